The summed E-state index contributed by atoms with van der Waals surface area (Å²) < 4.78 is 65.4. The van der Waals surface area contributed by atoms with E-state index in [1.165, 1.54) is 6.26 Å². The SMILES string of the molecule is CN=C(NCc1ccc(C)cc1OCC(F)(F)F)NCC1(CS(C)(=O)=O)CC1.I. The number of sulfone groups is 1. The highest BCUT2D eigenvalue weighted by atomic mass is 127. The van der Waals surface area contributed by atoms with Gasteiger partial charge >= 0.3 is 6.18 Å². The molecule has 11 heteroatoms. The number of alkyl halides is 3. The fraction of sp³-hybridized carbons (Fsp3) is 0.611. The van der Waals surface area contributed by atoms with Gasteiger partial charge in [0.15, 0.2) is 12.6 Å². The van der Waals surface area contributed by atoms with Gasteiger partial charge in [0.05, 0.1) is 5.75 Å². The number of hydrogen-bond donors (Lipinski definition) is 2. The van der Waals surface area contributed by atoms with Crippen LogP contribution in [0.4, 0.5) is 13.2 Å². The molecule has 0 radical (unpaired) electrons. The molecular weight excluding hydrogens is 522 g/mol. The Morgan fingerprint density at radius 1 is 1.28 bits per heavy atom. The second-order valence-corrected chi connectivity index (χ2v) is 9.50. The summed E-state index contributed by atoms with van der Waals surface area (Å²) in [6, 6.07) is 5.05. The van der Waals surface area contributed by atoms with Gasteiger partial charge in [0.1, 0.15) is 15.6 Å². The number of rotatable bonds is 8. The molecule has 2 rings (SSSR count). The molecule has 166 valence electrons. The molecule has 1 aliphatic carbocycles. The Bertz CT molecular complexity index is 825. The first-order valence-electron chi connectivity index (χ1n) is 8.83. The highest BCUT2D eigenvalue weighted by Crippen LogP contribution is 2.46. The van der Waals surface area contributed by atoms with E-state index < -0.39 is 22.6 Å². The summed E-state index contributed by atoms with van der Waals surface area (Å²) >= 11 is 0. The summed E-state index contributed by atoms with van der Waals surface area (Å²) in [5, 5.41) is 6.14. The third-order valence-corrected chi connectivity index (χ3v) is 5.58. The Kier molecular flexibility index (Phi) is 9.06. The average molecular weight is 549 g/mol. The minimum absolute atomic E-state index is 0. The van der Waals surface area contributed by atoms with E-state index in [0.717, 1.165) is 18.4 Å². The van der Waals surface area contributed by atoms with Crippen molar-refractivity contribution in [2.24, 2.45) is 10.4 Å². The molecule has 1 aromatic rings. The lowest BCUT2D eigenvalue weighted by atomic mass is 10.1. The van der Waals surface area contributed by atoms with Gasteiger partial charge in [0, 0.05) is 37.4 Å². The van der Waals surface area contributed by atoms with Crippen LogP contribution in [0.2, 0.25) is 0 Å². The van der Waals surface area contributed by atoms with Crippen molar-refractivity contribution in [2.45, 2.75) is 32.5 Å². The van der Waals surface area contributed by atoms with E-state index in [0.29, 0.717) is 18.1 Å². The molecule has 0 bridgehead atoms. The maximum atomic E-state index is 12.5. The first-order chi connectivity index (χ1) is 12.9. The van der Waals surface area contributed by atoms with Crippen LogP contribution in [0.15, 0.2) is 23.2 Å². The van der Waals surface area contributed by atoms with Crippen molar-refractivity contribution >= 4 is 39.8 Å². The van der Waals surface area contributed by atoms with Gasteiger partial charge in [-0.2, -0.15) is 13.2 Å². The summed E-state index contributed by atoms with van der Waals surface area (Å²) in [6.07, 6.45) is -1.53. The summed E-state index contributed by atoms with van der Waals surface area (Å²) in [5.41, 5.74) is 1.09. The third-order valence-electron chi connectivity index (χ3n) is 4.44. The van der Waals surface area contributed by atoms with Gasteiger partial charge in [-0.05, 0) is 31.4 Å². The molecule has 0 atom stereocenters. The molecular formula is C18H27F3IN3O3S. The van der Waals surface area contributed by atoms with Crippen molar-refractivity contribution < 1.29 is 26.3 Å². The van der Waals surface area contributed by atoms with E-state index >= 15 is 0 Å². The van der Waals surface area contributed by atoms with E-state index in [1.54, 1.807) is 32.2 Å². The smallest absolute Gasteiger partial charge is 0.422 e. The first kappa shape index (κ1) is 25.8. The Hall–Kier alpha value is -1.24. The highest BCUT2D eigenvalue weighted by Gasteiger charge is 2.45. The molecule has 1 saturated carbocycles. The number of aliphatic imine (C=N–C) groups is 1. The quantitative estimate of drug-likeness (QED) is 0.296. The van der Waals surface area contributed by atoms with Gasteiger partial charge in [-0.15, -0.1) is 24.0 Å². The van der Waals surface area contributed by atoms with Gasteiger partial charge in [-0.3, -0.25) is 4.99 Å². The average Bonchev–Trinajstić information content (AvgIpc) is 3.31. The molecule has 0 amide bonds. The number of nitrogens with one attached hydrogen (secondary N) is 2. The lowest BCUT2D eigenvalue weighted by Crippen LogP contribution is -2.41. The molecule has 2 N–H and O–H groups in total. The van der Waals surface area contributed by atoms with Gasteiger partial charge in [0.2, 0.25) is 0 Å². The Labute approximate surface area is 186 Å². The predicted molar refractivity (Wildman–Crippen MR) is 118 cm³/mol. The van der Waals surface area contributed by atoms with E-state index in [1.807, 2.05) is 0 Å². The molecule has 0 unspecified atom stereocenters. The maximum Gasteiger partial charge on any atom is 0.422 e. The maximum absolute atomic E-state index is 12.5. The minimum atomic E-state index is -4.41. The first-order valence-corrected chi connectivity index (χ1v) is 10.9. The standard InChI is InChI=1S/C18H26F3N3O3S.HI/c1-13-4-5-14(15(8-13)27-11-18(19,20)21)9-23-16(22-2)24-10-17(6-7-17)12-28(3,25)26;/h4-5,8H,6-7,9-12H2,1-3H3,(H2,22,23,24);1H. The van der Waals surface area contributed by atoms with Crippen LogP contribution in [0.5, 0.6) is 5.75 Å². The molecule has 1 fully saturated rings. The molecule has 0 spiro atoms. The van der Waals surface area contributed by atoms with Gasteiger partial charge in [0.25, 0.3) is 0 Å². The second-order valence-electron chi connectivity index (χ2n) is 7.36. The molecule has 0 saturated heterocycles. The number of aryl methyl sites for hydroxylation is 1. The molecule has 6 nitrogen and oxygen atoms in total. The minimum Gasteiger partial charge on any atom is -0.484 e. The Morgan fingerprint density at radius 3 is 2.45 bits per heavy atom. The molecule has 29 heavy (non-hydrogen) atoms. The van der Waals surface area contributed by atoms with Crippen molar-refractivity contribution in [3.8, 4) is 5.75 Å². The predicted octanol–water partition coefficient (Wildman–Crippen LogP) is 3.04. The fourth-order valence-electron chi connectivity index (χ4n) is 2.88. The number of guanidine groups is 1. The largest absolute Gasteiger partial charge is 0.484 e. The molecule has 0 heterocycles. The monoisotopic (exact) mass is 549 g/mol. The van der Waals surface area contributed by atoms with Gasteiger partial charge in [-0.25, -0.2) is 8.42 Å². The zero-order valence-electron chi connectivity index (χ0n) is 16.6. The highest BCUT2D eigenvalue weighted by molar-refractivity contribution is 14.0. The van der Waals surface area contributed by atoms with Crippen molar-refractivity contribution in [3.63, 3.8) is 0 Å². The topological polar surface area (TPSA) is 79.8 Å². The lowest BCUT2D eigenvalue weighted by molar-refractivity contribution is -0.153. The molecule has 0 aromatic heterocycles. The van der Waals surface area contributed by atoms with Crippen molar-refractivity contribution in [1.82, 2.24) is 10.6 Å². The van der Waals surface area contributed by atoms with E-state index in [2.05, 4.69) is 15.6 Å². The third kappa shape index (κ3) is 9.41. The van der Waals surface area contributed by atoms with Crippen LogP contribution in [0, 0.1) is 12.3 Å². The lowest BCUT2D eigenvalue weighted by Gasteiger charge is -2.19. The van der Waals surface area contributed by atoms with Crippen molar-refractivity contribution in [3.05, 3.63) is 29.3 Å². The number of nitrogens with zero attached hydrogens (tertiary/aromatic N) is 1. The number of hydrogen-bond acceptors (Lipinski definition) is 4. The van der Waals surface area contributed by atoms with E-state index in [-0.39, 0.29) is 47.4 Å². The summed E-state index contributed by atoms with van der Waals surface area (Å²) in [6.45, 7) is 1.09. The normalized spacial score (nSPS) is 16.0. The van der Waals surface area contributed by atoms with Gasteiger partial charge < -0.3 is 15.4 Å². The summed E-state index contributed by atoms with van der Waals surface area (Å²) in [4.78, 5) is 4.09. The summed E-state index contributed by atoms with van der Waals surface area (Å²) in [7, 11) is -1.49. The number of ether oxygens (including phenoxy) is 1. The second kappa shape index (κ2) is 10.2. The Morgan fingerprint density at radius 2 is 1.93 bits per heavy atom. The van der Waals surface area contributed by atoms with Crippen molar-refractivity contribution in [1.29, 1.82) is 0 Å². The molecule has 1 aliphatic rings. The Balaban J connectivity index is 0.00000420. The number of halogens is 4. The van der Waals surface area contributed by atoms with Crippen LogP contribution >= 0.6 is 24.0 Å². The fourth-order valence-corrected chi connectivity index (χ4v) is 4.38. The van der Waals surface area contributed by atoms with Crippen LogP contribution in [0.3, 0.4) is 0 Å². The van der Waals surface area contributed by atoms with Crippen LogP contribution in [-0.4, -0.2) is 52.8 Å². The van der Waals surface area contributed by atoms with Crippen LogP contribution in [-0.2, 0) is 16.4 Å². The van der Waals surface area contributed by atoms with E-state index in [9.17, 15) is 21.6 Å². The van der Waals surface area contributed by atoms with Gasteiger partial charge in [-0.1, -0.05) is 12.1 Å². The molecule has 0 aliphatic heterocycles. The van der Waals surface area contributed by atoms with Crippen LogP contribution in [0.1, 0.15) is 24.0 Å². The van der Waals surface area contributed by atoms with Crippen LogP contribution in [0.25, 0.3) is 0 Å². The number of benzene rings is 1. The zero-order chi connectivity index (χ0) is 21.0. The van der Waals surface area contributed by atoms with Crippen LogP contribution < -0.4 is 15.4 Å². The summed E-state index contributed by atoms with van der Waals surface area (Å²) in [5.74, 6) is 0.732. The van der Waals surface area contributed by atoms with E-state index in [4.69, 9.17) is 4.74 Å². The molecule has 1 aromatic carbocycles. The zero-order valence-corrected chi connectivity index (χ0v) is 19.7. The van der Waals surface area contributed by atoms with Crippen molar-refractivity contribution in [2.75, 3.05) is 32.2 Å².